The minimum atomic E-state index is -0.865. The number of benzene rings is 1. The summed E-state index contributed by atoms with van der Waals surface area (Å²) in [4.78, 5) is 17.0. The fourth-order valence-electron chi connectivity index (χ4n) is 2.80. The molecule has 0 spiro atoms. The molecule has 2 rings (SSSR count). The number of rotatable bonds is 3. The summed E-state index contributed by atoms with van der Waals surface area (Å²) in [6.07, 6.45) is 0.668. The third-order valence-corrected chi connectivity index (χ3v) is 4.03. The van der Waals surface area contributed by atoms with Crippen molar-refractivity contribution in [2.45, 2.75) is 39.8 Å². The number of aliphatic imine (C=N–C) groups is 1. The van der Waals surface area contributed by atoms with E-state index >= 15 is 0 Å². The molecule has 2 atom stereocenters. The number of hydrogen-bond donors (Lipinski definition) is 0. The van der Waals surface area contributed by atoms with Crippen molar-refractivity contribution in [2.24, 2.45) is 16.3 Å². The largest absolute Gasteiger partial charge is 0.352 e. The summed E-state index contributed by atoms with van der Waals surface area (Å²) in [7, 11) is 1.64. The third-order valence-electron chi connectivity index (χ3n) is 4.03. The Hall–Kier alpha value is -1.48. The predicted molar refractivity (Wildman–Crippen MR) is 80.8 cm³/mol. The van der Waals surface area contributed by atoms with Gasteiger partial charge in [-0.25, -0.2) is 0 Å². The van der Waals surface area contributed by atoms with E-state index in [1.165, 1.54) is 0 Å². The molecule has 20 heavy (non-hydrogen) atoms. The van der Waals surface area contributed by atoms with Crippen LogP contribution in [0.1, 0.15) is 39.7 Å². The van der Waals surface area contributed by atoms with Crippen molar-refractivity contribution in [3.8, 4) is 0 Å². The van der Waals surface area contributed by atoms with Crippen LogP contribution in [-0.4, -0.2) is 18.6 Å². The van der Waals surface area contributed by atoms with Gasteiger partial charge in [-0.3, -0.25) is 9.79 Å². The zero-order chi connectivity index (χ0) is 15.0. The Morgan fingerprint density at radius 1 is 1.30 bits per heavy atom. The molecule has 0 bridgehead atoms. The zero-order valence-corrected chi connectivity index (χ0v) is 12.9. The van der Waals surface area contributed by atoms with Crippen molar-refractivity contribution < 1.29 is 9.53 Å². The molecule has 0 saturated heterocycles. The van der Waals surface area contributed by atoms with E-state index in [2.05, 4.69) is 20.8 Å². The van der Waals surface area contributed by atoms with Crippen LogP contribution in [-0.2, 0) is 15.3 Å². The molecule has 108 valence electrons. The van der Waals surface area contributed by atoms with Gasteiger partial charge in [0, 0.05) is 24.8 Å². The van der Waals surface area contributed by atoms with E-state index in [1.807, 2.05) is 30.3 Å². The van der Waals surface area contributed by atoms with E-state index < -0.39 is 5.72 Å². The Morgan fingerprint density at radius 3 is 2.35 bits per heavy atom. The van der Waals surface area contributed by atoms with Gasteiger partial charge in [0.15, 0.2) is 5.72 Å². The first-order chi connectivity index (χ1) is 9.31. The van der Waals surface area contributed by atoms with Gasteiger partial charge in [-0.15, -0.1) is 0 Å². The number of nitrogens with zero attached hydrogens (tertiary/aromatic N) is 1. The molecule has 0 radical (unpaired) electrons. The summed E-state index contributed by atoms with van der Waals surface area (Å²) in [5.41, 5.74) is 1.07. The predicted octanol–water partition coefficient (Wildman–Crippen LogP) is 3.58. The molecule has 0 aromatic heterocycles. The van der Waals surface area contributed by atoms with Gasteiger partial charge < -0.3 is 4.74 Å². The Bertz CT molecular complexity index is 528. The first kappa shape index (κ1) is 14.9. The first-order valence-corrected chi connectivity index (χ1v) is 7.01. The third kappa shape index (κ3) is 2.42. The number of carbonyl (C=O) groups excluding carboxylic acids is 1. The highest BCUT2D eigenvalue weighted by Gasteiger charge is 2.50. The fraction of sp³-hybridized carbons (Fsp3) is 0.529. The van der Waals surface area contributed by atoms with Crippen LogP contribution in [0.15, 0.2) is 35.3 Å². The van der Waals surface area contributed by atoms with Gasteiger partial charge in [0.1, 0.15) is 5.78 Å². The van der Waals surface area contributed by atoms with Crippen molar-refractivity contribution in [2.75, 3.05) is 7.11 Å². The quantitative estimate of drug-likeness (QED) is 0.844. The van der Waals surface area contributed by atoms with Crippen LogP contribution in [0.5, 0.6) is 0 Å². The van der Waals surface area contributed by atoms with Gasteiger partial charge in [0.25, 0.3) is 0 Å². The van der Waals surface area contributed by atoms with E-state index in [1.54, 1.807) is 14.0 Å². The van der Waals surface area contributed by atoms with Crippen LogP contribution < -0.4 is 0 Å². The molecule has 1 aromatic carbocycles. The molecular formula is C17H23NO2. The lowest BCUT2D eigenvalue weighted by atomic mass is 9.81. The van der Waals surface area contributed by atoms with Crippen LogP contribution >= 0.6 is 0 Å². The Labute approximate surface area is 121 Å². The molecule has 0 fully saturated rings. The Morgan fingerprint density at radius 2 is 1.90 bits per heavy atom. The number of carbonyl (C=O) groups is 1. The maximum atomic E-state index is 12.1. The monoisotopic (exact) mass is 273 g/mol. The summed E-state index contributed by atoms with van der Waals surface area (Å²) in [6.45, 7) is 8.00. The van der Waals surface area contributed by atoms with E-state index in [4.69, 9.17) is 9.73 Å². The van der Waals surface area contributed by atoms with E-state index in [-0.39, 0.29) is 17.1 Å². The summed E-state index contributed by atoms with van der Waals surface area (Å²) < 4.78 is 5.78. The molecule has 0 N–H and O–H groups in total. The molecule has 0 amide bonds. The summed E-state index contributed by atoms with van der Waals surface area (Å²) in [5.74, 6) is -0.122. The van der Waals surface area contributed by atoms with E-state index in [0.29, 0.717) is 6.42 Å². The van der Waals surface area contributed by atoms with Crippen LogP contribution in [0.4, 0.5) is 0 Å². The molecule has 1 aliphatic heterocycles. The highest BCUT2D eigenvalue weighted by atomic mass is 16.5. The smallest absolute Gasteiger partial charge is 0.194 e. The van der Waals surface area contributed by atoms with Gasteiger partial charge in [0.05, 0.1) is 5.92 Å². The molecule has 0 unspecified atom stereocenters. The highest BCUT2D eigenvalue weighted by molar-refractivity contribution is 5.97. The topological polar surface area (TPSA) is 38.7 Å². The van der Waals surface area contributed by atoms with Gasteiger partial charge in [0.2, 0.25) is 0 Å². The Kier molecular flexibility index (Phi) is 3.83. The Balaban J connectivity index is 2.57. The second-order valence-electron chi connectivity index (χ2n) is 6.44. The molecular weight excluding hydrogens is 250 g/mol. The lowest BCUT2D eigenvalue weighted by molar-refractivity contribution is -0.132. The molecule has 0 saturated carbocycles. The minimum Gasteiger partial charge on any atom is -0.352 e. The summed E-state index contributed by atoms with van der Waals surface area (Å²) in [6, 6.07) is 9.83. The van der Waals surface area contributed by atoms with Gasteiger partial charge >= 0.3 is 0 Å². The molecule has 0 aliphatic carbocycles. The molecule has 1 aliphatic rings. The first-order valence-electron chi connectivity index (χ1n) is 7.01. The van der Waals surface area contributed by atoms with Gasteiger partial charge in [-0.2, -0.15) is 0 Å². The van der Waals surface area contributed by atoms with Gasteiger partial charge in [-0.1, -0.05) is 51.1 Å². The number of Topliss-reactive ketones (excluding diaryl/α,β-unsaturated/α-hetero) is 1. The molecule has 3 heteroatoms. The highest BCUT2D eigenvalue weighted by Crippen LogP contribution is 2.45. The lowest BCUT2D eigenvalue weighted by Gasteiger charge is -2.30. The van der Waals surface area contributed by atoms with Crippen molar-refractivity contribution in [3.63, 3.8) is 0 Å². The maximum absolute atomic E-state index is 12.1. The van der Waals surface area contributed by atoms with Crippen molar-refractivity contribution >= 4 is 11.5 Å². The number of ether oxygens (including phenoxy) is 1. The van der Waals surface area contributed by atoms with Crippen molar-refractivity contribution in [1.29, 1.82) is 0 Å². The normalized spacial score (nSPS) is 26.4. The second kappa shape index (κ2) is 5.13. The van der Waals surface area contributed by atoms with Crippen LogP contribution in [0.3, 0.4) is 0 Å². The summed E-state index contributed by atoms with van der Waals surface area (Å²) in [5, 5.41) is 0. The molecule has 1 heterocycles. The van der Waals surface area contributed by atoms with Gasteiger partial charge in [-0.05, 0) is 12.3 Å². The van der Waals surface area contributed by atoms with E-state index in [0.717, 1.165) is 11.3 Å². The number of methoxy groups -OCH3 is 1. The second-order valence-corrected chi connectivity index (χ2v) is 6.44. The minimum absolute atomic E-state index is 0.0528. The van der Waals surface area contributed by atoms with Crippen molar-refractivity contribution in [3.05, 3.63) is 35.9 Å². The van der Waals surface area contributed by atoms with Crippen LogP contribution in [0.2, 0.25) is 0 Å². The number of hydrogen-bond acceptors (Lipinski definition) is 3. The van der Waals surface area contributed by atoms with Crippen molar-refractivity contribution in [1.82, 2.24) is 0 Å². The fourth-order valence-corrected chi connectivity index (χ4v) is 2.80. The standard InChI is InChI=1S/C17H23NO2/c1-12(19)14-11-15(16(2,3)4)18-17(14,20-5)13-9-7-6-8-10-13/h6-10,14H,11H2,1-5H3/t14-,17+/m0/s1. The lowest BCUT2D eigenvalue weighted by Crippen LogP contribution is -2.36. The SMILES string of the molecule is CO[C@@]1(c2ccccc2)N=C(C(C)(C)C)C[C@H]1C(C)=O. The van der Waals surface area contributed by atoms with Crippen LogP contribution in [0.25, 0.3) is 0 Å². The maximum Gasteiger partial charge on any atom is 0.194 e. The van der Waals surface area contributed by atoms with Crippen LogP contribution in [0, 0.1) is 11.3 Å². The molecule has 1 aromatic rings. The average molecular weight is 273 g/mol. The summed E-state index contributed by atoms with van der Waals surface area (Å²) >= 11 is 0. The molecule has 3 nitrogen and oxygen atoms in total. The zero-order valence-electron chi connectivity index (χ0n) is 12.9. The van der Waals surface area contributed by atoms with E-state index in [9.17, 15) is 4.79 Å². The number of ketones is 1. The average Bonchev–Trinajstić information content (AvgIpc) is 2.81.